The van der Waals surface area contributed by atoms with E-state index in [2.05, 4.69) is 4.74 Å². The van der Waals surface area contributed by atoms with Crippen molar-refractivity contribution in [3.63, 3.8) is 0 Å². The summed E-state index contributed by atoms with van der Waals surface area (Å²) in [4.78, 5) is 9.46. The molecule has 0 radical (unpaired) electrons. The average molecular weight is 189 g/mol. The van der Waals surface area contributed by atoms with Gasteiger partial charge in [0.05, 0.1) is 0 Å². The van der Waals surface area contributed by atoms with Crippen LogP contribution >= 0.6 is 11.6 Å². The van der Waals surface area contributed by atoms with E-state index in [0.29, 0.717) is 6.08 Å². The number of carbonyl (C=O) groups is 1. The zero-order valence-corrected chi connectivity index (χ0v) is 5.95. The van der Waals surface area contributed by atoms with Crippen LogP contribution < -0.4 is 0 Å². The Labute approximate surface area is 65.6 Å². The normalized spacial score (nSPS) is 12.9. The van der Waals surface area contributed by atoms with E-state index in [1.165, 1.54) is 0 Å². The highest BCUT2D eigenvalue weighted by Gasteiger charge is 2.31. The Morgan fingerprint density at radius 1 is 1.55 bits per heavy atom. The number of halogens is 4. The van der Waals surface area contributed by atoms with E-state index in [-0.39, 0.29) is 6.47 Å². The van der Waals surface area contributed by atoms with Gasteiger partial charge in [0.15, 0.2) is 0 Å². The molecule has 11 heavy (non-hydrogen) atoms. The van der Waals surface area contributed by atoms with Gasteiger partial charge in [-0.2, -0.15) is 13.2 Å². The third kappa shape index (κ3) is 4.66. The largest absolute Gasteiger partial charge is 0.464 e. The summed E-state index contributed by atoms with van der Waals surface area (Å²) in [6.07, 6.45) is -4.00. The van der Waals surface area contributed by atoms with Crippen LogP contribution in [-0.2, 0) is 9.53 Å². The van der Waals surface area contributed by atoms with Crippen molar-refractivity contribution in [1.82, 2.24) is 0 Å². The van der Waals surface area contributed by atoms with E-state index in [4.69, 9.17) is 11.6 Å². The molecule has 0 aromatic heterocycles. The molecule has 0 aromatic carbocycles. The molecule has 6 heteroatoms. The van der Waals surface area contributed by atoms with E-state index >= 15 is 0 Å². The van der Waals surface area contributed by atoms with Gasteiger partial charge in [0.1, 0.15) is 11.6 Å². The summed E-state index contributed by atoms with van der Waals surface area (Å²) < 4.78 is 38.6. The van der Waals surface area contributed by atoms with E-state index in [0.717, 1.165) is 0 Å². The SMILES string of the molecule is O=COCC=C(Cl)C(F)(F)F. The highest BCUT2D eigenvalue weighted by Crippen LogP contribution is 2.27. The van der Waals surface area contributed by atoms with Gasteiger partial charge in [-0.15, -0.1) is 0 Å². The van der Waals surface area contributed by atoms with Crippen LogP contribution in [0.15, 0.2) is 11.1 Å². The fourth-order valence-corrected chi connectivity index (χ4v) is 0.339. The summed E-state index contributed by atoms with van der Waals surface area (Å²) in [7, 11) is 0. The van der Waals surface area contributed by atoms with Crippen LogP contribution in [0.5, 0.6) is 0 Å². The zero-order chi connectivity index (χ0) is 8.91. The Morgan fingerprint density at radius 2 is 2.09 bits per heavy atom. The van der Waals surface area contributed by atoms with E-state index in [1.54, 1.807) is 0 Å². The fourth-order valence-electron chi connectivity index (χ4n) is 0.276. The quantitative estimate of drug-likeness (QED) is 0.499. The van der Waals surface area contributed by atoms with Gasteiger partial charge in [0.2, 0.25) is 0 Å². The van der Waals surface area contributed by atoms with Crippen LogP contribution in [0.3, 0.4) is 0 Å². The van der Waals surface area contributed by atoms with Crippen LogP contribution in [0.4, 0.5) is 13.2 Å². The van der Waals surface area contributed by atoms with E-state index in [9.17, 15) is 18.0 Å². The van der Waals surface area contributed by atoms with Crippen LogP contribution in [0, 0.1) is 0 Å². The molecule has 64 valence electrons. The smallest absolute Gasteiger partial charge is 0.426 e. The number of allylic oxidation sites excluding steroid dienone is 1. The maximum absolute atomic E-state index is 11.5. The molecule has 2 nitrogen and oxygen atoms in total. The van der Waals surface area contributed by atoms with Crippen molar-refractivity contribution >= 4 is 18.1 Å². The molecular weight excluding hydrogens is 184 g/mol. The molecule has 0 aromatic rings. The van der Waals surface area contributed by atoms with E-state index < -0.39 is 17.8 Å². The maximum Gasteiger partial charge on any atom is 0.426 e. The lowest BCUT2D eigenvalue weighted by Crippen LogP contribution is -2.07. The third-order valence-corrected chi connectivity index (χ3v) is 1.07. The minimum atomic E-state index is -4.56. The maximum atomic E-state index is 11.5. The second-order valence-electron chi connectivity index (χ2n) is 1.48. The number of rotatable bonds is 3. The Bertz CT molecular complexity index is 164. The van der Waals surface area contributed by atoms with Gasteiger partial charge in [-0.3, -0.25) is 4.79 Å². The lowest BCUT2D eigenvalue weighted by molar-refractivity contribution is -0.127. The Kier molecular flexibility index (Phi) is 3.95. The van der Waals surface area contributed by atoms with Crippen molar-refractivity contribution < 1.29 is 22.7 Å². The topological polar surface area (TPSA) is 26.3 Å². The summed E-state index contributed by atoms with van der Waals surface area (Å²) >= 11 is 4.73. The molecular formula is C5H4ClF3O2. The molecule has 0 unspecified atom stereocenters. The van der Waals surface area contributed by atoms with Crippen LogP contribution in [0.1, 0.15) is 0 Å². The molecule has 0 saturated carbocycles. The Balaban J connectivity index is 3.90. The number of hydrogen-bond donors (Lipinski definition) is 0. The van der Waals surface area contributed by atoms with Gasteiger partial charge in [-0.1, -0.05) is 11.6 Å². The molecule has 0 rings (SSSR count). The number of carbonyl (C=O) groups excluding carboxylic acids is 1. The highest BCUT2D eigenvalue weighted by atomic mass is 35.5. The monoisotopic (exact) mass is 188 g/mol. The summed E-state index contributed by atoms with van der Waals surface area (Å²) in [5.41, 5.74) is 0. The fraction of sp³-hybridized carbons (Fsp3) is 0.400. The van der Waals surface area contributed by atoms with Crippen molar-refractivity contribution in [2.24, 2.45) is 0 Å². The van der Waals surface area contributed by atoms with Crippen LogP contribution in [0.25, 0.3) is 0 Å². The molecule has 0 heterocycles. The number of alkyl halides is 3. The van der Waals surface area contributed by atoms with Gasteiger partial charge >= 0.3 is 6.18 Å². The first-order valence-electron chi connectivity index (χ1n) is 2.46. The molecule has 0 amide bonds. The summed E-state index contributed by atoms with van der Waals surface area (Å²) in [6.45, 7) is -0.432. The first kappa shape index (κ1) is 10.3. The van der Waals surface area contributed by atoms with Crippen molar-refractivity contribution in [3.05, 3.63) is 11.1 Å². The van der Waals surface area contributed by atoms with Crippen LogP contribution in [0.2, 0.25) is 0 Å². The summed E-state index contributed by atoms with van der Waals surface area (Å²) in [5.74, 6) is 0. The lowest BCUT2D eigenvalue weighted by atomic mass is 10.5. The second-order valence-corrected chi connectivity index (χ2v) is 1.89. The van der Waals surface area contributed by atoms with Crippen LogP contribution in [-0.4, -0.2) is 19.3 Å². The molecule has 0 atom stereocenters. The molecule has 0 saturated heterocycles. The van der Waals surface area contributed by atoms with Crippen molar-refractivity contribution in [2.75, 3.05) is 6.61 Å². The van der Waals surface area contributed by atoms with Gasteiger partial charge in [-0.25, -0.2) is 0 Å². The molecule has 0 N–H and O–H groups in total. The molecule has 0 bridgehead atoms. The van der Waals surface area contributed by atoms with Gasteiger partial charge < -0.3 is 4.74 Å². The average Bonchev–Trinajstić information content (AvgIpc) is 1.86. The minimum Gasteiger partial charge on any atom is -0.464 e. The summed E-state index contributed by atoms with van der Waals surface area (Å²) in [6, 6.07) is 0. The first-order valence-corrected chi connectivity index (χ1v) is 2.84. The van der Waals surface area contributed by atoms with Crippen molar-refractivity contribution in [2.45, 2.75) is 6.18 Å². The minimum absolute atomic E-state index is 0.0387. The van der Waals surface area contributed by atoms with E-state index in [1.807, 2.05) is 0 Å². The lowest BCUT2D eigenvalue weighted by Gasteiger charge is -2.02. The molecule has 0 spiro atoms. The molecule has 0 aliphatic carbocycles. The van der Waals surface area contributed by atoms with Crippen molar-refractivity contribution in [1.29, 1.82) is 0 Å². The number of hydrogen-bond acceptors (Lipinski definition) is 2. The Morgan fingerprint density at radius 3 is 2.45 bits per heavy atom. The first-order chi connectivity index (χ1) is 4.98. The summed E-state index contributed by atoms with van der Waals surface area (Å²) in [5, 5.41) is -1.29. The zero-order valence-electron chi connectivity index (χ0n) is 5.19. The third-order valence-electron chi connectivity index (χ3n) is 0.698. The van der Waals surface area contributed by atoms with Gasteiger partial charge in [0, 0.05) is 0 Å². The predicted molar refractivity (Wildman–Crippen MR) is 32.0 cm³/mol. The second kappa shape index (κ2) is 4.23. The highest BCUT2D eigenvalue weighted by molar-refractivity contribution is 6.30. The van der Waals surface area contributed by atoms with Gasteiger partial charge in [-0.05, 0) is 6.08 Å². The number of ether oxygens (including phenoxy) is 1. The Hall–Kier alpha value is -0.710. The van der Waals surface area contributed by atoms with Gasteiger partial charge in [0.25, 0.3) is 6.47 Å². The molecule has 0 aliphatic rings. The standard InChI is InChI=1S/C5H4ClF3O2/c6-4(5(7,8)9)1-2-11-3-10/h1,3H,2H2. The van der Waals surface area contributed by atoms with Crippen molar-refractivity contribution in [3.8, 4) is 0 Å². The molecule has 0 fully saturated rings. The molecule has 0 aliphatic heterocycles. The predicted octanol–water partition coefficient (Wildman–Crippen LogP) is 1.84.